The van der Waals surface area contributed by atoms with Crippen LogP contribution in [-0.2, 0) is 4.74 Å². The molecule has 3 aromatic rings. The average molecular weight is 461 g/mol. The van der Waals surface area contributed by atoms with Crippen LogP contribution in [0.1, 0.15) is 23.2 Å². The van der Waals surface area contributed by atoms with Gasteiger partial charge in [-0.05, 0) is 55.2 Å². The van der Waals surface area contributed by atoms with Gasteiger partial charge >= 0.3 is 6.09 Å². The number of hydrogen-bond donors (Lipinski definition) is 2. The largest absolute Gasteiger partial charge is 0.496 e. The number of benzene rings is 2. The van der Waals surface area contributed by atoms with E-state index in [1.165, 1.54) is 12.8 Å². The number of nitrogens with zero attached hydrogens (tertiary/aromatic N) is 2. The Labute approximate surface area is 198 Å². The molecule has 2 N–H and O–H groups in total. The molecule has 8 nitrogen and oxygen atoms in total. The minimum atomic E-state index is -0.546. The van der Waals surface area contributed by atoms with E-state index in [4.69, 9.17) is 9.47 Å². The number of carbonyl (C=O) groups is 2. The Balaban J connectivity index is 1.29. The van der Waals surface area contributed by atoms with Crippen LogP contribution < -0.4 is 20.3 Å². The summed E-state index contributed by atoms with van der Waals surface area (Å²) in [6.45, 7) is 2.18. The zero-order chi connectivity index (χ0) is 23.8. The van der Waals surface area contributed by atoms with Gasteiger partial charge in [0, 0.05) is 31.2 Å². The third-order valence-electron chi connectivity index (χ3n) is 5.86. The summed E-state index contributed by atoms with van der Waals surface area (Å²) < 4.78 is 10.8. The van der Waals surface area contributed by atoms with Gasteiger partial charge in [0.15, 0.2) is 0 Å². The minimum absolute atomic E-state index is 0.310. The summed E-state index contributed by atoms with van der Waals surface area (Å²) in [4.78, 5) is 31.6. The van der Waals surface area contributed by atoms with Crippen molar-refractivity contribution in [2.24, 2.45) is 5.92 Å². The summed E-state index contributed by atoms with van der Waals surface area (Å²) in [6.07, 6.45) is 4.94. The summed E-state index contributed by atoms with van der Waals surface area (Å²) in [5.41, 5.74) is 2.50. The van der Waals surface area contributed by atoms with Gasteiger partial charge in [-0.15, -0.1) is 0 Å². The van der Waals surface area contributed by atoms with E-state index in [0.29, 0.717) is 35.2 Å². The molecule has 34 heavy (non-hydrogen) atoms. The Morgan fingerprint density at radius 2 is 1.59 bits per heavy atom. The Kier molecular flexibility index (Phi) is 7.60. The van der Waals surface area contributed by atoms with Gasteiger partial charge in [0.25, 0.3) is 5.91 Å². The van der Waals surface area contributed by atoms with Crippen LogP contribution >= 0.6 is 0 Å². The molecule has 2 heterocycles. The first-order valence-corrected chi connectivity index (χ1v) is 11.3. The third kappa shape index (κ3) is 5.83. The SMILES string of the molecule is COc1ccccc1C(=O)Nc1ccccc1NC(=O)OCC1CCN(c2ccncc2)CC1. The topological polar surface area (TPSA) is 92.8 Å². The van der Waals surface area contributed by atoms with Crippen LogP contribution in [-0.4, -0.2) is 43.8 Å². The molecule has 4 rings (SSSR count). The number of rotatable bonds is 7. The third-order valence-corrected chi connectivity index (χ3v) is 5.86. The van der Waals surface area contributed by atoms with E-state index < -0.39 is 6.09 Å². The van der Waals surface area contributed by atoms with E-state index >= 15 is 0 Å². The molecule has 0 atom stereocenters. The summed E-state index contributed by atoms with van der Waals surface area (Å²) in [6, 6.07) is 18.0. The first kappa shape index (κ1) is 23.1. The highest BCUT2D eigenvalue weighted by molar-refractivity contribution is 6.08. The molecule has 8 heteroatoms. The number of methoxy groups -OCH3 is 1. The molecule has 1 aromatic heterocycles. The fourth-order valence-corrected chi connectivity index (χ4v) is 3.98. The van der Waals surface area contributed by atoms with Crippen molar-refractivity contribution in [3.63, 3.8) is 0 Å². The minimum Gasteiger partial charge on any atom is -0.496 e. The number of amides is 2. The van der Waals surface area contributed by atoms with Gasteiger partial charge in [0.1, 0.15) is 5.75 Å². The lowest BCUT2D eigenvalue weighted by Crippen LogP contribution is -2.35. The number of nitrogens with one attached hydrogen (secondary N) is 2. The van der Waals surface area contributed by atoms with Gasteiger partial charge < -0.3 is 19.7 Å². The fraction of sp³-hybridized carbons (Fsp3) is 0.269. The highest BCUT2D eigenvalue weighted by atomic mass is 16.5. The van der Waals surface area contributed by atoms with Crippen molar-refractivity contribution in [3.05, 3.63) is 78.6 Å². The van der Waals surface area contributed by atoms with Crippen molar-refractivity contribution in [1.82, 2.24) is 4.98 Å². The van der Waals surface area contributed by atoms with E-state index in [2.05, 4.69) is 20.5 Å². The Morgan fingerprint density at radius 3 is 2.29 bits per heavy atom. The van der Waals surface area contributed by atoms with Crippen molar-refractivity contribution in [2.75, 3.05) is 42.3 Å². The average Bonchev–Trinajstić information content (AvgIpc) is 2.89. The Bertz CT molecular complexity index is 1110. The first-order valence-electron chi connectivity index (χ1n) is 11.3. The maximum Gasteiger partial charge on any atom is 0.411 e. The van der Waals surface area contributed by atoms with Gasteiger partial charge in [0.05, 0.1) is 30.7 Å². The highest BCUT2D eigenvalue weighted by Crippen LogP contribution is 2.26. The van der Waals surface area contributed by atoms with Crippen molar-refractivity contribution >= 4 is 29.1 Å². The van der Waals surface area contributed by atoms with Gasteiger partial charge in [0.2, 0.25) is 0 Å². The molecule has 2 aromatic carbocycles. The van der Waals surface area contributed by atoms with E-state index in [0.717, 1.165) is 25.9 Å². The van der Waals surface area contributed by atoms with Crippen LogP contribution in [0.25, 0.3) is 0 Å². The number of hydrogen-bond acceptors (Lipinski definition) is 6. The second-order valence-electron chi connectivity index (χ2n) is 8.06. The van der Waals surface area contributed by atoms with E-state index in [1.807, 2.05) is 12.1 Å². The zero-order valence-electron chi connectivity index (χ0n) is 19.1. The van der Waals surface area contributed by atoms with Crippen LogP contribution in [0.3, 0.4) is 0 Å². The number of pyridine rings is 1. The quantitative estimate of drug-likeness (QED) is 0.526. The molecule has 0 saturated carbocycles. The molecule has 0 aliphatic carbocycles. The van der Waals surface area contributed by atoms with Gasteiger partial charge in [-0.1, -0.05) is 24.3 Å². The molecule has 2 amide bonds. The summed E-state index contributed by atoms with van der Waals surface area (Å²) in [5.74, 6) is 0.449. The molecule has 1 aliphatic heterocycles. The molecule has 1 aliphatic rings. The first-order chi connectivity index (χ1) is 16.6. The molecule has 0 radical (unpaired) electrons. The lowest BCUT2D eigenvalue weighted by Gasteiger charge is -2.33. The van der Waals surface area contributed by atoms with Crippen molar-refractivity contribution in [1.29, 1.82) is 0 Å². The van der Waals surface area contributed by atoms with E-state index in [-0.39, 0.29) is 5.91 Å². The summed E-state index contributed by atoms with van der Waals surface area (Å²) >= 11 is 0. The van der Waals surface area contributed by atoms with Crippen LogP contribution in [0.15, 0.2) is 73.1 Å². The van der Waals surface area contributed by atoms with Crippen molar-refractivity contribution in [2.45, 2.75) is 12.8 Å². The second kappa shape index (κ2) is 11.2. The van der Waals surface area contributed by atoms with Crippen LogP contribution in [0.4, 0.5) is 21.9 Å². The standard InChI is InChI=1S/C26H28N4O4/c1-33-24-9-5-2-6-21(24)25(31)28-22-7-3-4-8-23(22)29-26(32)34-18-19-12-16-30(17-13-19)20-10-14-27-15-11-20/h2-11,14-15,19H,12-13,16-18H2,1H3,(H,28,31)(H,29,32). The number of aromatic nitrogens is 1. The summed E-state index contributed by atoms with van der Waals surface area (Å²) in [7, 11) is 1.51. The predicted octanol–water partition coefficient (Wildman–Crippen LogP) is 4.81. The second-order valence-corrected chi connectivity index (χ2v) is 8.06. The van der Waals surface area contributed by atoms with Gasteiger partial charge in [-0.25, -0.2) is 4.79 Å². The maximum atomic E-state index is 12.8. The molecule has 1 saturated heterocycles. The van der Waals surface area contributed by atoms with Crippen LogP contribution in [0.2, 0.25) is 0 Å². The van der Waals surface area contributed by atoms with E-state index in [9.17, 15) is 9.59 Å². The molecule has 1 fully saturated rings. The lowest BCUT2D eigenvalue weighted by molar-refractivity contribution is 0.102. The molecular weight excluding hydrogens is 432 g/mol. The predicted molar refractivity (Wildman–Crippen MR) is 132 cm³/mol. The van der Waals surface area contributed by atoms with Crippen molar-refractivity contribution in [3.8, 4) is 5.75 Å². The molecule has 0 bridgehead atoms. The molecule has 176 valence electrons. The van der Waals surface area contributed by atoms with Crippen LogP contribution in [0, 0.1) is 5.92 Å². The number of para-hydroxylation sites is 3. The normalized spacial score (nSPS) is 13.7. The maximum absolute atomic E-state index is 12.8. The molecular formula is C26H28N4O4. The van der Waals surface area contributed by atoms with Gasteiger partial charge in [-0.3, -0.25) is 15.1 Å². The van der Waals surface area contributed by atoms with Crippen LogP contribution in [0.5, 0.6) is 5.75 Å². The lowest BCUT2D eigenvalue weighted by atomic mass is 9.97. The van der Waals surface area contributed by atoms with Gasteiger partial charge in [-0.2, -0.15) is 0 Å². The number of piperidine rings is 1. The van der Waals surface area contributed by atoms with Crippen molar-refractivity contribution < 1.29 is 19.1 Å². The Morgan fingerprint density at radius 1 is 0.941 bits per heavy atom. The summed E-state index contributed by atoms with van der Waals surface area (Å²) in [5, 5.41) is 5.58. The molecule has 0 unspecified atom stereocenters. The number of ether oxygens (including phenoxy) is 2. The molecule has 0 spiro atoms. The number of carbonyl (C=O) groups excluding carboxylic acids is 2. The smallest absolute Gasteiger partial charge is 0.411 e. The Hall–Kier alpha value is -4.07. The monoisotopic (exact) mass is 460 g/mol. The zero-order valence-corrected chi connectivity index (χ0v) is 19.1. The highest BCUT2D eigenvalue weighted by Gasteiger charge is 2.21. The van der Waals surface area contributed by atoms with E-state index in [1.54, 1.807) is 60.9 Å². The fourth-order valence-electron chi connectivity index (χ4n) is 3.98. The number of anilines is 3.